The number of rotatable bonds is 12. The molecule has 0 radical (unpaired) electrons. The van der Waals surface area contributed by atoms with E-state index in [9.17, 15) is 18.0 Å². The highest BCUT2D eigenvalue weighted by atomic mass is 35.5. The lowest BCUT2D eigenvalue weighted by Crippen LogP contribution is -2.30. The van der Waals surface area contributed by atoms with Crippen LogP contribution in [0.5, 0.6) is 5.75 Å². The number of aromatic nitrogens is 1. The Labute approximate surface area is 232 Å². The Balaban J connectivity index is 0.00000507. The number of hydrogen-bond acceptors (Lipinski definition) is 4. The van der Waals surface area contributed by atoms with Crippen molar-refractivity contribution >= 4 is 30.0 Å². The second kappa shape index (κ2) is 14.4. The number of hydrogen-bond donors (Lipinski definition) is 1. The third kappa shape index (κ3) is 9.49. The first-order chi connectivity index (χ1) is 17.5. The summed E-state index contributed by atoms with van der Waals surface area (Å²) in [5.74, 6) is -0.306. The molecule has 0 aliphatic carbocycles. The fourth-order valence-corrected chi connectivity index (χ4v) is 4.40. The second-order valence-electron chi connectivity index (χ2n) is 9.09. The second-order valence-corrected chi connectivity index (χ2v) is 9.47. The van der Waals surface area contributed by atoms with E-state index in [0.717, 1.165) is 17.3 Å². The van der Waals surface area contributed by atoms with Crippen LogP contribution in [-0.4, -0.2) is 40.7 Å². The van der Waals surface area contributed by atoms with Gasteiger partial charge in [0.1, 0.15) is 5.75 Å². The number of halogens is 5. The van der Waals surface area contributed by atoms with E-state index in [4.69, 9.17) is 21.4 Å². The van der Waals surface area contributed by atoms with Crippen LogP contribution in [0.25, 0.3) is 0 Å². The van der Waals surface area contributed by atoms with Crippen LogP contribution in [0.4, 0.5) is 13.2 Å². The van der Waals surface area contributed by atoms with Crippen molar-refractivity contribution in [3.8, 4) is 5.75 Å². The van der Waals surface area contributed by atoms with Gasteiger partial charge < -0.3 is 9.84 Å². The lowest BCUT2D eigenvalue weighted by atomic mass is 10.0. The number of pyridine rings is 1. The third-order valence-electron chi connectivity index (χ3n) is 5.89. The molecular weight excluding hydrogens is 540 g/mol. The molecule has 5 nitrogen and oxygen atoms in total. The molecule has 1 aromatic heterocycles. The van der Waals surface area contributed by atoms with Gasteiger partial charge in [-0.3, -0.25) is 14.7 Å². The first-order valence-electron chi connectivity index (χ1n) is 12.0. The van der Waals surface area contributed by atoms with Gasteiger partial charge in [-0.25, -0.2) is 0 Å². The molecule has 0 bridgehead atoms. The number of carboxylic acid groups (broad SMARTS) is 1. The van der Waals surface area contributed by atoms with Crippen molar-refractivity contribution in [2.24, 2.45) is 0 Å². The summed E-state index contributed by atoms with van der Waals surface area (Å²) in [7, 11) is 0. The van der Waals surface area contributed by atoms with E-state index >= 15 is 0 Å². The van der Waals surface area contributed by atoms with Crippen LogP contribution in [-0.2, 0) is 23.9 Å². The van der Waals surface area contributed by atoms with E-state index in [1.54, 1.807) is 36.5 Å². The Morgan fingerprint density at radius 3 is 2.58 bits per heavy atom. The predicted octanol–water partition coefficient (Wildman–Crippen LogP) is 7.19. The Bertz CT molecular complexity index is 1210. The number of benzene rings is 2. The molecule has 1 atom stereocenters. The zero-order chi connectivity index (χ0) is 27.0. The highest BCUT2D eigenvalue weighted by Gasteiger charge is 2.34. The molecule has 0 spiro atoms. The SMILES string of the molecule is Cc1ccnc([C@@H](C)CN(CCCOc2cccc(CC(=O)O)c2)Cc2cccc(C(F)(F)F)c2Cl)c1.Cl. The maximum Gasteiger partial charge on any atom is 0.417 e. The lowest BCUT2D eigenvalue weighted by molar-refractivity contribution is -0.138. The molecule has 38 heavy (non-hydrogen) atoms. The van der Waals surface area contributed by atoms with Gasteiger partial charge in [-0.15, -0.1) is 12.4 Å². The fourth-order valence-electron chi connectivity index (χ4n) is 4.10. The van der Waals surface area contributed by atoms with Crippen LogP contribution in [0, 0.1) is 6.92 Å². The lowest BCUT2D eigenvalue weighted by Gasteiger charge is -2.27. The number of ether oxygens (including phenoxy) is 1. The Hall–Kier alpha value is -2.81. The van der Waals surface area contributed by atoms with Gasteiger partial charge in [0.2, 0.25) is 0 Å². The highest BCUT2D eigenvalue weighted by Crippen LogP contribution is 2.36. The third-order valence-corrected chi connectivity index (χ3v) is 6.34. The van der Waals surface area contributed by atoms with Gasteiger partial charge >= 0.3 is 12.1 Å². The summed E-state index contributed by atoms with van der Waals surface area (Å²) in [6.45, 7) is 5.75. The van der Waals surface area contributed by atoms with Crippen LogP contribution in [0.15, 0.2) is 60.8 Å². The first kappa shape index (κ1) is 31.4. The molecule has 2 aromatic carbocycles. The van der Waals surface area contributed by atoms with Gasteiger partial charge in [0.15, 0.2) is 0 Å². The van der Waals surface area contributed by atoms with Crippen molar-refractivity contribution in [3.63, 3.8) is 0 Å². The average molecular weight is 571 g/mol. The van der Waals surface area contributed by atoms with Crippen molar-refractivity contribution in [2.75, 3.05) is 19.7 Å². The zero-order valence-electron chi connectivity index (χ0n) is 21.2. The summed E-state index contributed by atoms with van der Waals surface area (Å²) in [6, 6.07) is 14.8. The van der Waals surface area contributed by atoms with Crippen LogP contribution in [0.3, 0.4) is 0 Å². The molecule has 0 aliphatic rings. The van der Waals surface area contributed by atoms with Gasteiger partial charge in [-0.05, 0) is 60.4 Å². The van der Waals surface area contributed by atoms with Crippen LogP contribution >= 0.6 is 24.0 Å². The molecule has 206 valence electrons. The molecule has 0 saturated carbocycles. The largest absolute Gasteiger partial charge is 0.494 e. The monoisotopic (exact) mass is 570 g/mol. The van der Waals surface area contributed by atoms with Crippen molar-refractivity contribution in [1.82, 2.24) is 9.88 Å². The average Bonchev–Trinajstić information content (AvgIpc) is 2.82. The quantitative estimate of drug-likeness (QED) is 0.233. The normalized spacial score (nSPS) is 12.2. The highest BCUT2D eigenvalue weighted by molar-refractivity contribution is 6.32. The fraction of sp³-hybridized carbons (Fsp3) is 0.357. The molecule has 1 N–H and O–H groups in total. The summed E-state index contributed by atoms with van der Waals surface area (Å²) in [5.41, 5.74) is 2.20. The standard InChI is InChI=1S/C28H30ClF3N2O3.ClH/c1-19-10-11-33-25(14-19)20(2)17-34(18-22-7-4-9-24(27(22)29)28(30,31)32)12-5-13-37-23-8-3-6-21(15-23)16-26(35)36;/h3-4,6-11,14-15,20H,5,12-13,16-18H2,1-2H3,(H,35,36);1H/t20-;/m0./s1. The molecule has 3 rings (SSSR count). The van der Waals surface area contributed by atoms with Crippen molar-refractivity contribution in [2.45, 2.75) is 45.3 Å². The minimum absolute atomic E-state index is 0. The minimum atomic E-state index is -4.53. The summed E-state index contributed by atoms with van der Waals surface area (Å²) in [6.07, 6.45) is -2.26. The minimum Gasteiger partial charge on any atom is -0.494 e. The van der Waals surface area contributed by atoms with Crippen molar-refractivity contribution < 1.29 is 27.8 Å². The summed E-state index contributed by atoms with van der Waals surface area (Å²) >= 11 is 6.18. The number of alkyl halides is 3. The van der Waals surface area contributed by atoms with E-state index in [2.05, 4.69) is 9.88 Å². The van der Waals surface area contributed by atoms with E-state index in [0.29, 0.717) is 43.0 Å². The topological polar surface area (TPSA) is 62.7 Å². The van der Waals surface area contributed by atoms with Crippen LogP contribution in [0.1, 0.15) is 47.2 Å². The molecule has 0 saturated heterocycles. The maximum atomic E-state index is 13.4. The Morgan fingerprint density at radius 2 is 1.89 bits per heavy atom. The number of aryl methyl sites for hydroxylation is 1. The van der Waals surface area contributed by atoms with Crippen LogP contribution in [0.2, 0.25) is 5.02 Å². The maximum absolute atomic E-state index is 13.4. The zero-order valence-corrected chi connectivity index (χ0v) is 22.7. The van der Waals surface area contributed by atoms with Gasteiger partial charge in [0.05, 0.1) is 23.6 Å². The number of nitrogens with zero attached hydrogens (tertiary/aromatic N) is 2. The molecule has 0 fully saturated rings. The van der Waals surface area contributed by atoms with E-state index in [-0.39, 0.29) is 36.3 Å². The first-order valence-corrected chi connectivity index (χ1v) is 12.3. The Kier molecular flexibility index (Phi) is 11.9. The van der Waals surface area contributed by atoms with E-state index in [1.807, 2.05) is 26.0 Å². The van der Waals surface area contributed by atoms with Crippen LogP contribution < -0.4 is 4.74 Å². The summed E-state index contributed by atoms with van der Waals surface area (Å²) < 4.78 is 46.0. The molecule has 0 unspecified atom stereocenters. The molecular formula is C28H31Cl2F3N2O3. The Morgan fingerprint density at radius 1 is 1.16 bits per heavy atom. The number of carboxylic acids is 1. The molecule has 3 aromatic rings. The predicted molar refractivity (Wildman–Crippen MR) is 144 cm³/mol. The van der Waals surface area contributed by atoms with Gasteiger partial charge in [-0.1, -0.05) is 42.8 Å². The molecule has 10 heteroatoms. The molecule has 1 heterocycles. The smallest absolute Gasteiger partial charge is 0.417 e. The van der Waals surface area contributed by atoms with Gasteiger partial charge in [0.25, 0.3) is 0 Å². The van der Waals surface area contributed by atoms with Crippen molar-refractivity contribution in [1.29, 1.82) is 0 Å². The molecule has 0 aliphatic heterocycles. The van der Waals surface area contributed by atoms with Crippen molar-refractivity contribution in [3.05, 3.63) is 93.8 Å². The summed E-state index contributed by atoms with van der Waals surface area (Å²) in [4.78, 5) is 17.5. The molecule has 0 amide bonds. The summed E-state index contributed by atoms with van der Waals surface area (Å²) in [5, 5.41) is 8.70. The number of aliphatic carboxylic acids is 1. The van der Waals surface area contributed by atoms with Gasteiger partial charge in [0, 0.05) is 37.4 Å². The van der Waals surface area contributed by atoms with E-state index in [1.165, 1.54) is 6.07 Å². The number of carbonyl (C=O) groups is 1. The van der Waals surface area contributed by atoms with Gasteiger partial charge in [-0.2, -0.15) is 13.2 Å². The van der Waals surface area contributed by atoms with E-state index < -0.39 is 17.7 Å².